The predicted octanol–water partition coefficient (Wildman–Crippen LogP) is 4.62. The van der Waals surface area contributed by atoms with E-state index < -0.39 is 11.8 Å². The molecule has 0 aliphatic rings. The Morgan fingerprint density at radius 2 is 1.53 bits per heavy atom. The maximum absolute atomic E-state index is 12.3. The lowest BCUT2D eigenvalue weighted by molar-refractivity contribution is -0.123. The molecule has 0 saturated carbocycles. The maximum atomic E-state index is 12.3. The standard InChI is InChI=1S/C26H28N2O4/c1-3-19(2)23-11-7-8-12-24(23)32-18-25(29)27-28-26(30)21-13-15-22(16-14-21)31-17-20-9-5-4-6-10-20/h4-16,19H,3,17-18H2,1-2H3,(H,27,29)(H,28,30). The normalized spacial score (nSPS) is 11.3. The van der Waals surface area contributed by atoms with Crippen molar-refractivity contribution >= 4 is 11.8 Å². The number of hydrogen-bond acceptors (Lipinski definition) is 4. The second-order valence-electron chi connectivity index (χ2n) is 7.44. The molecule has 166 valence electrons. The van der Waals surface area contributed by atoms with Gasteiger partial charge in [0.2, 0.25) is 0 Å². The number of carbonyl (C=O) groups is 2. The second kappa shape index (κ2) is 11.6. The molecule has 32 heavy (non-hydrogen) atoms. The van der Waals surface area contributed by atoms with Crippen LogP contribution in [0.4, 0.5) is 0 Å². The van der Waals surface area contributed by atoms with E-state index in [9.17, 15) is 9.59 Å². The summed E-state index contributed by atoms with van der Waals surface area (Å²) in [5.41, 5.74) is 7.30. The molecule has 6 nitrogen and oxygen atoms in total. The summed E-state index contributed by atoms with van der Waals surface area (Å²) in [5.74, 6) is 0.791. The first-order valence-corrected chi connectivity index (χ1v) is 10.6. The quantitative estimate of drug-likeness (QED) is 0.484. The molecular formula is C26H28N2O4. The lowest BCUT2D eigenvalue weighted by Crippen LogP contribution is -2.43. The van der Waals surface area contributed by atoms with E-state index in [1.807, 2.05) is 54.6 Å². The number of carbonyl (C=O) groups excluding carboxylic acids is 2. The van der Waals surface area contributed by atoms with Crippen LogP contribution in [0.15, 0.2) is 78.9 Å². The summed E-state index contributed by atoms with van der Waals surface area (Å²) in [6, 6.07) is 24.2. The van der Waals surface area contributed by atoms with E-state index >= 15 is 0 Å². The summed E-state index contributed by atoms with van der Waals surface area (Å²) in [4.78, 5) is 24.4. The molecule has 1 unspecified atom stereocenters. The highest BCUT2D eigenvalue weighted by Crippen LogP contribution is 2.28. The van der Waals surface area contributed by atoms with Crippen LogP contribution in [0.2, 0.25) is 0 Å². The molecule has 0 aliphatic carbocycles. The van der Waals surface area contributed by atoms with Gasteiger partial charge in [-0.15, -0.1) is 0 Å². The predicted molar refractivity (Wildman–Crippen MR) is 123 cm³/mol. The van der Waals surface area contributed by atoms with Gasteiger partial charge in [-0.3, -0.25) is 20.4 Å². The molecule has 3 aromatic rings. The summed E-state index contributed by atoms with van der Waals surface area (Å²) < 4.78 is 11.4. The highest BCUT2D eigenvalue weighted by atomic mass is 16.5. The monoisotopic (exact) mass is 432 g/mol. The zero-order valence-corrected chi connectivity index (χ0v) is 18.3. The van der Waals surface area contributed by atoms with Crippen LogP contribution in [-0.2, 0) is 11.4 Å². The number of hydrazine groups is 1. The minimum absolute atomic E-state index is 0.194. The number of amides is 2. The highest BCUT2D eigenvalue weighted by molar-refractivity contribution is 5.95. The Labute approximate surface area is 188 Å². The summed E-state index contributed by atoms with van der Waals surface area (Å²) in [7, 11) is 0. The van der Waals surface area contributed by atoms with E-state index in [1.165, 1.54) is 0 Å². The van der Waals surface area contributed by atoms with E-state index in [0.717, 1.165) is 17.5 Å². The van der Waals surface area contributed by atoms with Crippen molar-refractivity contribution in [2.24, 2.45) is 0 Å². The third-order valence-corrected chi connectivity index (χ3v) is 5.10. The van der Waals surface area contributed by atoms with Crippen LogP contribution in [0.5, 0.6) is 11.5 Å². The molecule has 3 rings (SSSR count). The zero-order valence-electron chi connectivity index (χ0n) is 18.3. The molecule has 0 bridgehead atoms. The first-order valence-electron chi connectivity index (χ1n) is 10.6. The molecular weight excluding hydrogens is 404 g/mol. The number of nitrogens with one attached hydrogen (secondary N) is 2. The molecule has 1 atom stereocenters. The van der Waals surface area contributed by atoms with Crippen LogP contribution in [0.1, 0.15) is 47.7 Å². The third-order valence-electron chi connectivity index (χ3n) is 5.10. The van der Waals surface area contributed by atoms with E-state index in [2.05, 4.69) is 24.7 Å². The van der Waals surface area contributed by atoms with E-state index in [-0.39, 0.29) is 6.61 Å². The van der Waals surface area contributed by atoms with Gasteiger partial charge in [-0.25, -0.2) is 0 Å². The number of hydrogen-bond donors (Lipinski definition) is 2. The average molecular weight is 433 g/mol. The first kappa shape index (κ1) is 22.9. The number of rotatable bonds is 9. The van der Waals surface area contributed by atoms with Gasteiger partial charge in [0.15, 0.2) is 6.61 Å². The molecule has 3 aromatic carbocycles. The van der Waals surface area contributed by atoms with Crippen LogP contribution in [-0.4, -0.2) is 18.4 Å². The first-order chi connectivity index (χ1) is 15.6. The minimum atomic E-state index is -0.444. The fourth-order valence-electron chi connectivity index (χ4n) is 3.06. The van der Waals surface area contributed by atoms with Crippen molar-refractivity contribution in [3.8, 4) is 11.5 Å². The van der Waals surface area contributed by atoms with Gasteiger partial charge in [0.05, 0.1) is 0 Å². The van der Waals surface area contributed by atoms with E-state index in [4.69, 9.17) is 9.47 Å². The zero-order chi connectivity index (χ0) is 22.8. The van der Waals surface area contributed by atoms with Gasteiger partial charge in [0.25, 0.3) is 11.8 Å². The van der Waals surface area contributed by atoms with Crippen molar-refractivity contribution in [3.05, 3.63) is 95.6 Å². The molecule has 0 radical (unpaired) electrons. The molecule has 0 aliphatic heterocycles. The minimum Gasteiger partial charge on any atom is -0.489 e. The largest absolute Gasteiger partial charge is 0.489 e. The highest BCUT2D eigenvalue weighted by Gasteiger charge is 2.12. The number of ether oxygens (including phenoxy) is 2. The Morgan fingerprint density at radius 1 is 0.844 bits per heavy atom. The molecule has 0 heterocycles. The molecule has 0 fully saturated rings. The molecule has 6 heteroatoms. The van der Waals surface area contributed by atoms with E-state index in [1.54, 1.807) is 24.3 Å². The van der Waals surface area contributed by atoms with Gasteiger partial charge in [-0.05, 0) is 53.8 Å². The van der Waals surface area contributed by atoms with Crippen LogP contribution in [0, 0.1) is 0 Å². The van der Waals surface area contributed by atoms with Gasteiger partial charge in [-0.1, -0.05) is 62.4 Å². The van der Waals surface area contributed by atoms with Gasteiger partial charge >= 0.3 is 0 Å². The summed E-state index contributed by atoms with van der Waals surface area (Å²) in [6.07, 6.45) is 0.971. The molecule has 2 amide bonds. The summed E-state index contributed by atoms with van der Waals surface area (Å²) in [6.45, 7) is 4.47. The van der Waals surface area contributed by atoms with Gasteiger partial charge in [-0.2, -0.15) is 0 Å². The maximum Gasteiger partial charge on any atom is 0.276 e. The summed E-state index contributed by atoms with van der Waals surface area (Å²) in [5, 5.41) is 0. The average Bonchev–Trinajstić information content (AvgIpc) is 2.85. The number of para-hydroxylation sites is 1. The SMILES string of the molecule is CCC(C)c1ccccc1OCC(=O)NNC(=O)c1ccc(OCc2ccccc2)cc1. The fourth-order valence-corrected chi connectivity index (χ4v) is 3.06. The van der Waals surface area contributed by atoms with Crippen LogP contribution >= 0.6 is 0 Å². The van der Waals surface area contributed by atoms with Crippen molar-refractivity contribution in [3.63, 3.8) is 0 Å². The molecule has 2 N–H and O–H groups in total. The lowest BCUT2D eigenvalue weighted by atomic mass is 9.98. The van der Waals surface area contributed by atoms with E-state index in [0.29, 0.717) is 29.6 Å². The van der Waals surface area contributed by atoms with Crippen molar-refractivity contribution in [1.29, 1.82) is 0 Å². The fraction of sp³-hybridized carbons (Fsp3) is 0.231. The Kier molecular flexibility index (Phi) is 8.26. The molecule has 0 saturated heterocycles. The van der Waals surface area contributed by atoms with Gasteiger partial charge in [0.1, 0.15) is 18.1 Å². The molecule has 0 spiro atoms. The molecule has 0 aromatic heterocycles. The third kappa shape index (κ3) is 6.60. The lowest BCUT2D eigenvalue weighted by Gasteiger charge is -2.15. The Hall–Kier alpha value is -3.80. The Bertz CT molecular complexity index is 1020. The van der Waals surface area contributed by atoms with Crippen molar-refractivity contribution in [2.45, 2.75) is 32.8 Å². The summed E-state index contributed by atoms with van der Waals surface area (Å²) >= 11 is 0. The van der Waals surface area contributed by atoms with Gasteiger partial charge < -0.3 is 9.47 Å². The van der Waals surface area contributed by atoms with Crippen LogP contribution in [0.3, 0.4) is 0 Å². The topological polar surface area (TPSA) is 76.7 Å². The second-order valence-corrected chi connectivity index (χ2v) is 7.44. The van der Waals surface area contributed by atoms with Crippen molar-refractivity contribution < 1.29 is 19.1 Å². The Morgan fingerprint density at radius 3 is 2.25 bits per heavy atom. The van der Waals surface area contributed by atoms with Crippen LogP contribution < -0.4 is 20.3 Å². The van der Waals surface area contributed by atoms with Crippen LogP contribution in [0.25, 0.3) is 0 Å². The van der Waals surface area contributed by atoms with Crippen molar-refractivity contribution in [1.82, 2.24) is 10.9 Å². The number of benzene rings is 3. The smallest absolute Gasteiger partial charge is 0.276 e. The van der Waals surface area contributed by atoms with Gasteiger partial charge in [0, 0.05) is 5.56 Å². The van der Waals surface area contributed by atoms with Crippen molar-refractivity contribution in [2.75, 3.05) is 6.61 Å². The Balaban J connectivity index is 1.44.